The van der Waals surface area contributed by atoms with E-state index >= 15 is 0 Å². The van der Waals surface area contributed by atoms with Gasteiger partial charge in [0.2, 0.25) is 0 Å². The third kappa shape index (κ3) is 5.24. The van der Waals surface area contributed by atoms with Gasteiger partial charge in [-0.1, -0.05) is 149 Å². The third-order valence-corrected chi connectivity index (χ3v) is 16.8. The summed E-state index contributed by atoms with van der Waals surface area (Å²) in [5.74, 6) is 0. The van der Waals surface area contributed by atoms with Crippen LogP contribution >= 0.6 is 0 Å². The maximum absolute atomic E-state index is 2.79. The average molecular weight is 884 g/mol. The summed E-state index contributed by atoms with van der Waals surface area (Å²) in [5.41, 5.74) is 22.1. The fourth-order valence-corrected chi connectivity index (χ4v) is 13.4. The minimum absolute atomic E-state index is 0.0373. The summed E-state index contributed by atoms with van der Waals surface area (Å²) < 4.78 is 2.56. The van der Waals surface area contributed by atoms with Gasteiger partial charge in [-0.3, -0.25) is 0 Å². The fourth-order valence-electron chi connectivity index (χ4n) is 13.4. The summed E-state index contributed by atoms with van der Waals surface area (Å²) in [6.45, 7) is 12.1. The van der Waals surface area contributed by atoms with Crippen molar-refractivity contribution in [2.45, 2.75) is 58.3 Å². The fraction of sp³-hybridized carbons (Fsp3) is 0.138. The molecule has 3 nitrogen and oxygen atoms in total. The number of rotatable bonds is 4. The molecule has 0 atom stereocenters. The lowest BCUT2D eigenvalue weighted by molar-refractivity contribution is 0.332. The van der Waals surface area contributed by atoms with E-state index in [1.165, 1.54) is 127 Å². The van der Waals surface area contributed by atoms with Gasteiger partial charge in [-0.2, -0.15) is 0 Å². The van der Waals surface area contributed by atoms with Crippen molar-refractivity contribution in [2.24, 2.45) is 0 Å². The Morgan fingerprint density at radius 2 is 1.04 bits per heavy atom. The van der Waals surface area contributed by atoms with Crippen LogP contribution in [0.1, 0.15) is 57.2 Å². The van der Waals surface area contributed by atoms with Gasteiger partial charge in [0.05, 0.1) is 16.6 Å². The van der Waals surface area contributed by atoms with Crippen LogP contribution in [0.25, 0.3) is 81.9 Å². The van der Waals surface area contributed by atoms with Gasteiger partial charge in [0, 0.05) is 55.5 Å². The Labute approximate surface area is 403 Å². The van der Waals surface area contributed by atoms with Crippen LogP contribution in [-0.2, 0) is 10.8 Å². The summed E-state index contributed by atoms with van der Waals surface area (Å²) in [4.78, 5) is 5.25. The predicted octanol–water partition coefficient (Wildman–Crippen LogP) is 16.2. The highest BCUT2D eigenvalue weighted by molar-refractivity contribution is 6.94. The summed E-state index contributed by atoms with van der Waals surface area (Å²) in [5, 5.41) is 10.4. The molecule has 4 heterocycles. The third-order valence-electron chi connectivity index (χ3n) is 16.8. The van der Waals surface area contributed by atoms with Gasteiger partial charge >= 0.3 is 6.85 Å². The van der Waals surface area contributed by atoms with Crippen LogP contribution < -0.4 is 20.6 Å². The van der Waals surface area contributed by atoms with E-state index in [2.05, 4.69) is 237 Å². The second kappa shape index (κ2) is 13.7. The molecule has 0 radical (unpaired) electrons. The lowest BCUT2D eigenvalue weighted by Gasteiger charge is -2.46. The molecule has 0 unspecified atom stereocenters. The number of benzene rings is 10. The van der Waals surface area contributed by atoms with E-state index in [0.29, 0.717) is 0 Å². The smallest absolute Gasteiger partial charge is 0.330 e. The summed E-state index contributed by atoms with van der Waals surface area (Å²) in [6, 6.07) is 71.7. The number of anilines is 5. The first-order chi connectivity index (χ1) is 33.6. The standard InChI is InChI=1S/C65H50BN3/c1-39-32-54-55(65(4,5)31-30-64(54,2)3)37-58(39)69-60-38-59-49(48-27-16-26-47-45-24-14-15-29-57(45)68(59)63(47)48)36-50(60)52-34-43(67(41-19-8-6-9-20-41)42-21-10-7-11-22-42)35-53-51-33-40-18-12-13-23-44(40)46-25-17-28-56(61(46)51)66(69)62(52)53/h6-29,32-38H,30-31H2,1-5H3. The minimum Gasteiger partial charge on any atom is -0.376 e. The molecule has 0 N–H and O–H groups in total. The average Bonchev–Trinajstić information content (AvgIpc) is 3.89. The highest BCUT2D eigenvalue weighted by atomic mass is 15.1. The topological polar surface area (TPSA) is 10.9 Å². The monoisotopic (exact) mass is 883 g/mol. The first kappa shape index (κ1) is 39.2. The van der Waals surface area contributed by atoms with Crippen molar-refractivity contribution < 1.29 is 0 Å². The molecule has 4 heteroatoms. The second-order valence-electron chi connectivity index (χ2n) is 21.5. The van der Waals surface area contributed by atoms with Gasteiger partial charge in [0.15, 0.2) is 0 Å². The van der Waals surface area contributed by atoms with Crippen LogP contribution in [-0.4, -0.2) is 11.2 Å². The van der Waals surface area contributed by atoms with Crippen molar-refractivity contribution in [1.82, 2.24) is 4.40 Å². The second-order valence-corrected chi connectivity index (χ2v) is 21.5. The lowest BCUT2D eigenvalue weighted by atomic mass is 9.41. The highest BCUT2D eigenvalue weighted by Crippen LogP contribution is 2.54. The maximum atomic E-state index is 2.79. The molecule has 10 aromatic carbocycles. The Bertz CT molecular complexity index is 4120. The summed E-state index contributed by atoms with van der Waals surface area (Å²) in [7, 11) is 0. The molecule has 1 aliphatic carbocycles. The van der Waals surface area contributed by atoms with Crippen LogP contribution in [0, 0.1) is 6.92 Å². The van der Waals surface area contributed by atoms with E-state index in [9.17, 15) is 0 Å². The zero-order chi connectivity index (χ0) is 46.1. The van der Waals surface area contributed by atoms with Crippen LogP contribution in [0.3, 0.4) is 0 Å². The molecule has 0 amide bonds. The molecular formula is C65H50BN3. The van der Waals surface area contributed by atoms with Crippen molar-refractivity contribution in [3.8, 4) is 22.3 Å². The summed E-state index contributed by atoms with van der Waals surface area (Å²) in [6.07, 6.45) is 2.34. The van der Waals surface area contributed by atoms with Crippen molar-refractivity contribution >= 4 is 106 Å². The molecule has 2 aliphatic heterocycles. The minimum atomic E-state index is -0.101. The molecule has 0 saturated heterocycles. The molecule has 12 aromatic rings. The van der Waals surface area contributed by atoms with Gasteiger partial charge < -0.3 is 14.1 Å². The zero-order valence-electron chi connectivity index (χ0n) is 39.7. The molecule has 0 spiro atoms. The van der Waals surface area contributed by atoms with Crippen molar-refractivity contribution in [1.29, 1.82) is 0 Å². The molecular weight excluding hydrogens is 834 g/mol. The number of hydrogen-bond acceptors (Lipinski definition) is 2. The molecule has 3 aliphatic rings. The van der Waals surface area contributed by atoms with Crippen LogP contribution in [0.15, 0.2) is 188 Å². The quantitative estimate of drug-likeness (QED) is 0.129. The molecule has 328 valence electrons. The van der Waals surface area contributed by atoms with E-state index in [1.54, 1.807) is 0 Å². The van der Waals surface area contributed by atoms with E-state index in [-0.39, 0.29) is 17.7 Å². The highest BCUT2D eigenvalue weighted by Gasteiger charge is 2.46. The van der Waals surface area contributed by atoms with Crippen molar-refractivity contribution in [2.75, 3.05) is 9.71 Å². The Balaban J connectivity index is 1.14. The largest absolute Gasteiger partial charge is 0.376 e. The molecule has 0 bridgehead atoms. The van der Waals surface area contributed by atoms with Crippen LogP contribution in [0.4, 0.5) is 28.4 Å². The number of fused-ring (bicyclic) bond motifs is 13. The van der Waals surface area contributed by atoms with Gasteiger partial charge in [0.1, 0.15) is 0 Å². The van der Waals surface area contributed by atoms with E-state index in [0.717, 1.165) is 23.5 Å². The molecule has 15 rings (SSSR count). The van der Waals surface area contributed by atoms with Crippen molar-refractivity contribution in [3.63, 3.8) is 0 Å². The maximum Gasteiger partial charge on any atom is 0.330 e. The predicted molar refractivity (Wildman–Crippen MR) is 295 cm³/mol. The molecule has 69 heavy (non-hydrogen) atoms. The van der Waals surface area contributed by atoms with E-state index in [4.69, 9.17) is 0 Å². The SMILES string of the molecule is Cc1cc2c(cc1N1B3c4c(cc(N(c5ccccc5)c5ccccc5)cc4-c4cc5ccccc5c5cccc3c45)-c3cc4c5cccc6c7ccccc7n(c4cc31)c65)C(C)(C)CCC2(C)C. The number of aromatic nitrogens is 1. The number of nitrogens with zero attached hydrogens (tertiary/aromatic N) is 3. The summed E-state index contributed by atoms with van der Waals surface area (Å²) >= 11 is 0. The zero-order valence-corrected chi connectivity index (χ0v) is 39.7. The van der Waals surface area contributed by atoms with E-state index < -0.39 is 0 Å². The van der Waals surface area contributed by atoms with Crippen LogP contribution in [0.5, 0.6) is 0 Å². The number of hydrogen-bond donors (Lipinski definition) is 0. The first-order valence-corrected chi connectivity index (χ1v) is 24.8. The lowest BCUT2D eigenvalue weighted by Crippen LogP contribution is -2.60. The molecule has 0 saturated carbocycles. The van der Waals surface area contributed by atoms with Gasteiger partial charge in [0.25, 0.3) is 0 Å². The molecule has 2 aromatic heterocycles. The van der Waals surface area contributed by atoms with Crippen molar-refractivity contribution in [3.05, 3.63) is 205 Å². The number of aryl methyl sites for hydroxylation is 1. The van der Waals surface area contributed by atoms with Gasteiger partial charge in [-0.25, -0.2) is 0 Å². The van der Waals surface area contributed by atoms with Gasteiger partial charge in [-0.05, 0) is 163 Å². The normalized spacial score (nSPS) is 15.4. The molecule has 0 fully saturated rings. The Hall–Kier alpha value is -7.82. The van der Waals surface area contributed by atoms with Crippen LogP contribution in [0.2, 0.25) is 0 Å². The first-order valence-electron chi connectivity index (χ1n) is 24.8. The Kier molecular flexibility index (Phi) is 7.77. The van der Waals surface area contributed by atoms with E-state index in [1.807, 2.05) is 0 Å². The Morgan fingerprint density at radius 1 is 0.449 bits per heavy atom. The Morgan fingerprint density at radius 3 is 1.78 bits per heavy atom. The van der Waals surface area contributed by atoms with Gasteiger partial charge in [-0.15, -0.1) is 0 Å². The number of para-hydroxylation sites is 4.